The Morgan fingerprint density at radius 2 is 1.97 bits per heavy atom. The Bertz CT molecular complexity index is 1350. The maximum atomic E-state index is 13.1. The molecular formula is C23H21FN2O4S3. The van der Waals surface area contributed by atoms with Gasteiger partial charge in [-0.1, -0.05) is 11.3 Å². The van der Waals surface area contributed by atoms with Crippen molar-refractivity contribution < 1.29 is 22.0 Å². The number of sulfone groups is 1. The monoisotopic (exact) mass is 504 g/mol. The van der Waals surface area contributed by atoms with Gasteiger partial charge in [-0.3, -0.25) is 9.69 Å². The minimum atomic E-state index is -3.61. The third kappa shape index (κ3) is 5.63. The third-order valence-electron chi connectivity index (χ3n) is 4.99. The number of carbonyl (C=O) groups is 1. The maximum absolute atomic E-state index is 13.1. The topological polar surface area (TPSA) is 80.5 Å². The van der Waals surface area contributed by atoms with Crippen molar-refractivity contribution in [1.29, 1.82) is 0 Å². The standard InChI is InChI=1S/C23H21FN2O4S3/c1-31-18-8-11-20-21(14-18)32-23(25-20)26(15-17-4-2-12-30-17)22(27)5-3-13-33(28,29)19-9-6-16(24)7-10-19/h2,4,6-12,14H,3,5,13,15H2,1H3. The minimum Gasteiger partial charge on any atom is -0.467 e. The Hall–Kier alpha value is -2.69. The van der Waals surface area contributed by atoms with Crippen LogP contribution in [0.3, 0.4) is 0 Å². The van der Waals surface area contributed by atoms with Crippen LogP contribution in [0, 0.1) is 5.82 Å². The Kier molecular flexibility index (Phi) is 7.16. The quantitative estimate of drug-likeness (QED) is 0.220. The Morgan fingerprint density at radius 3 is 2.67 bits per heavy atom. The van der Waals surface area contributed by atoms with E-state index in [0.717, 1.165) is 27.2 Å². The predicted octanol–water partition coefficient (Wildman–Crippen LogP) is 5.54. The van der Waals surface area contributed by atoms with E-state index in [0.29, 0.717) is 10.9 Å². The first kappa shape index (κ1) is 23.5. The summed E-state index contributed by atoms with van der Waals surface area (Å²) in [6.07, 6.45) is 3.69. The molecule has 0 atom stereocenters. The summed E-state index contributed by atoms with van der Waals surface area (Å²) in [7, 11) is -3.61. The zero-order valence-corrected chi connectivity index (χ0v) is 20.2. The van der Waals surface area contributed by atoms with E-state index in [9.17, 15) is 17.6 Å². The molecule has 1 amide bonds. The highest BCUT2D eigenvalue weighted by Gasteiger charge is 2.23. The molecule has 0 spiro atoms. The summed E-state index contributed by atoms with van der Waals surface area (Å²) in [6, 6.07) is 14.2. The molecule has 0 radical (unpaired) electrons. The van der Waals surface area contributed by atoms with E-state index in [1.54, 1.807) is 23.9 Å². The van der Waals surface area contributed by atoms with E-state index < -0.39 is 15.7 Å². The van der Waals surface area contributed by atoms with E-state index >= 15 is 0 Å². The first-order valence-electron chi connectivity index (χ1n) is 10.1. The molecule has 172 valence electrons. The Morgan fingerprint density at radius 1 is 1.18 bits per heavy atom. The molecule has 0 aliphatic heterocycles. The normalized spacial score (nSPS) is 11.7. The molecule has 10 heteroatoms. The zero-order valence-electron chi connectivity index (χ0n) is 17.7. The summed E-state index contributed by atoms with van der Waals surface area (Å²) in [5.41, 5.74) is 0.795. The van der Waals surface area contributed by atoms with E-state index in [4.69, 9.17) is 4.42 Å². The molecule has 4 rings (SSSR count). The fourth-order valence-corrected chi connectivity index (χ4v) is 6.11. The number of thioether (sulfide) groups is 1. The van der Waals surface area contributed by atoms with Crippen molar-refractivity contribution in [3.8, 4) is 0 Å². The van der Waals surface area contributed by atoms with E-state index in [1.807, 2.05) is 24.5 Å². The fourth-order valence-electron chi connectivity index (χ4n) is 3.26. The van der Waals surface area contributed by atoms with Crippen LogP contribution in [0.1, 0.15) is 18.6 Å². The van der Waals surface area contributed by atoms with Gasteiger partial charge in [-0.2, -0.15) is 0 Å². The summed E-state index contributed by atoms with van der Waals surface area (Å²) in [4.78, 5) is 20.4. The van der Waals surface area contributed by atoms with Gasteiger partial charge in [-0.15, -0.1) is 11.8 Å². The molecule has 0 saturated heterocycles. The number of hydrogen-bond acceptors (Lipinski definition) is 7. The van der Waals surface area contributed by atoms with Crippen LogP contribution in [0.2, 0.25) is 0 Å². The first-order chi connectivity index (χ1) is 15.9. The van der Waals surface area contributed by atoms with Gasteiger partial charge in [-0.05, 0) is 67.3 Å². The van der Waals surface area contributed by atoms with Crippen LogP contribution < -0.4 is 4.90 Å². The molecule has 0 bridgehead atoms. The lowest BCUT2D eigenvalue weighted by molar-refractivity contribution is -0.118. The fraction of sp³-hybridized carbons (Fsp3) is 0.217. The van der Waals surface area contributed by atoms with Crippen molar-refractivity contribution in [1.82, 2.24) is 4.98 Å². The molecule has 0 N–H and O–H groups in total. The highest BCUT2D eigenvalue weighted by Crippen LogP contribution is 2.33. The number of nitrogens with zero attached hydrogens (tertiary/aromatic N) is 2. The van der Waals surface area contributed by atoms with Crippen molar-refractivity contribution in [2.75, 3.05) is 16.9 Å². The van der Waals surface area contributed by atoms with Gasteiger partial charge in [0.25, 0.3) is 0 Å². The molecule has 6 nitrogen and oxygen atoms in total. The SMILES string of the molecule is CSc1ccc2nc(N(Cc3ccco3)C(=O)CCCS(=O)(=O)c3ccc(F)cc3)sc2c1. The number of anilines is 1. The number of carbonyl (C=O) groups excluding carboxylic acids is 1. The number of aromatic nitrogens is 1. The molecule has 2 heterocycles. The van der Waals surface area contributed by atoms with Gasteiger partial charge in [0.15, 0.2) is 15.0 Å². The highest BCUT2D eigenvalue weighted by atomic mass is 32.2. The van der Waals surface area contributed by atoms with E-state index in [-0.39, 0.29) is 35.9 Å². The van der Waals surface area contributed by atoms with Crippen LogP contribution in [0.25, 0.3) is 10.2 Å². The van der Waals surface area contributed by atoms with Crippen LogP contribution in [0.4, 0.5) is 9.52 Å². The Labute approximate surface area is 199 Å². The molecule has 33 heavy (non-hydrogen) atoms. The number of thiazole rings is 1. The number of furan rings is 1. The molecule has 2 aromatic heterocycles. The minimum absolute atomic E-state index is 0.0210. The van der Waals surface area contributed by atoms with Crippen molar-refractivity contribution in [3.05, 3.63) is 72.4 Å². The van der Waals surface area contributed by atoms with Gasteiger partial charge >= 0.3 is 0 Å². The molecule has 0 aliphatic rings. The number of fused-ring (bicyclic) bond motifs is 1. The van der Waals surface area contributed by atoms with Crippen molar-refractivity contribution in [2.45, 2.75) is 29.2 Å². The van der Waals surface area contributed by atoms with Gasteiger partial charge in [-0.25, -0.2) is 17.8 Å². The molecule has 0 aliphatic carbocycles. The molecular weight excluding hydrogens is 483 g/mol. The first-order valence-corrected chi connectivity index (χ1v) is 13.8. The third-order valence-corrected chi connectivity index (χ3v) is 8.57. The van der Waals surface area contributed by atoms with Gasteiger partial charge in [0.1, 0.15) is 11.6 Å². The molecule has 0 saturated carbocycles. The average molecular weight is 505 g/mol. The second-order valence-electron chi connectivity index (χ2n) is 7.27. The largest absolute Gasteiger partial charge is 0.467 e. The average Bonchev–Trinajstić information content (AvgIpc) is 3.46. The van der Waals surface area contributed by atoms with Crippen LogP contribution in [0.15, 0.2) is 75.1 Å². The van der Waals surface area contributed by atoms with Crippen molar-refractivity contribution >= 4 is 54.2 Å². The number of benzene rings is 2. The summed E-state index contributed by atoms with van der Waals surface area (Å²) in [6.45, 7) is 0.200. The predicted molar refractivity (Wildman–Crippen MR) is 129 cm³/mol. The second-order valence-corrected chi connectivity index (χ2v) is 11.3. The maximum Gasteiger partial charge on any atom is 0.229 e. The lowest BCUT2D eigenvalue weighted by Gasteiger charge is -2.18. The number of amides is 1. The van der Waals surface area contributed by atoms with Gasteiger partial charge in [0, 0.05) is 11.3 Å². The van der Waals surface area contributed by atoms with Gasteiger partial charge in [0.2, 0.25) is 5.91 Å². The van der Waals surface area contributed by atoms with Crippen LogP contribution in [-0.4, -0.2) is 31.3 Å². The number of rotatable bonds is 9. The second kappa shape index (κ2) is 10.1. The van der Waals surface area contributed by atoms with Crippen molar-refractivity contribution in [3.63, 3.8) is 0 Å². The Balaban J connectivity index is 1.51. The summed E-state index contributed by atoms with van der Waals surface area (Å²) < 4.78 is 44.5. The van der Waals surface area contributed by atoms with Crippen LogP contribution >= 0.6 is 23.1 Å². The summed E-state index contributed by atoms with van der Waals surface area (Å²) in [5.74, 6) is -0.357. The zero-order chi connectivity index (χ0) is 23.4. The lowest BCUT2D eigenvalue weighted by atomic mass is 10.3. The number of hydrogen-bond donors (Lipinski definition) is 0. The van der Waals surface area contributed by atoms with Crippen LogP contribution in [0.5, 0.6) is 0 Å². The van der Waals surface area contributed by atoms with Crippen molar-refractivity contribution in [2.24, 2.45) is 0 Å². The summed E-state index contributed by atoms with van der Waals surface area (Å²) in [5, 5.41) is 0.533. The lowest BCUT2D eigenvalue weighted by Crippen LogP contribution is -2.30. The van der Waals surface area contributed by atoms with Gasteiger partial charge < -0.3 is 4.42 Å². The molecule has 2 aromatic carbocycles. The van der Waals surface area contributed by atoms with Crippen LogP contribution in [-0.2, 0) is 21.2 Å². The molecule has 4 aromatic rings. The molecule has 0 fully saturated rings. The number of halogens is 1. The summed E-state index contributed by atoms with van der Waals surface area (Å²) >= 11 is 3.04. The molecule has 0 unspecified atom stereocenters. The highest BCUT2D eigenvalue weighted by molar-refractivity contribution is 7.98. The van der Waals surface area contributed by atoms with E-state index in [1.165, 1.54) is 34.6 Å². The van der Waals surface area contributed by atoms with Gasteiger partial charge in [0.05, 0.1) is 33.7 Å². The smallest absolute Gasteiger partial charge is 0.229 e. The van der Waals surface area contributed by atoms with E-state index in [2.05, 4.69) is 4.98 Å².